The maximum atomic E-state index is 10.4. The molecule has 0 aromatic rings. The van der Waals surface area contributed by atoms with Gasteiger partial charge in [-0.25, -0.2) is 9.13 Å². The van der Waals surface area contributed by atoms with Gasteiger partial charge in [0.2, 0.25) is 0 Å². The van der Waals surface area contributed by atoms with E-state index < -0.39 is 15.6 Å². The molecule has 0 amide bonds. The van der Waals surface area contributed by atoms with Crippen LogP contribution in [0.15, 0.2) is 12.8 Å². The van der Waals surface area contributed by atoms with Crippen LogP contribution in [0.3, 0.4) is 0 Å². The monoisotopic (exact) mass is 228 g/mol. The zero-order chi connectivity index (χ0) is 9.12. The molecule has 1 atom stereocenters. The molecule has 0 aromatic carbocycles. The molecule has 0 radical (unpaired) electrons. The Bertz CT molecular complexity index is 237. The van der Waals surface area contributed by atoms with E-state index in [0.717, 1.165) is 0 Å². The first kappa shape index (κ1) is 15.3. The van der Waals surface area contributed by atoms with Crippen molar-refractivity contribution in [3.63, 3.8) is 0 Å². The van der Waals surface area contributed by atoms with Gasteiger partial charge in [-0.05, 0) is 0 Å². The van der Waals surface area contributed by atoms with Gasteiger partial charge in [0.25, 0.3) is 0 Å². The van der Waals surface area contributed by atoms with E-state index in [1.807, 2.05) is 0 Å². The number of phosphoric ester groups is 1. The van der Waals surface area contributed by atoms with Crippen LogP contribution in [0.2, 0.25) is 0 Å². The van der Waals surface area contributed by atoms with E-state index in [-0.39, 0.29) is 31.0 Å². The molecular formula is C2H7NaO7P2. The standard InChI is InChI=1S/C2H6O7P2.Na.H/c1-2-8-11(6,7)9-10(3,4)5;;/h2H,1H2,(H,6,7)(H2,3,4,5);;/q;+1;-1. The summed E-state index contributed by atoms with van der Waals surface area (Å²) in [6.07, 6.45) is 0.538. The molecule has 0 saturated carbocycles. The molecule has 0 aromatic heterocycles. The van der Waals surface area contributed by atoms with Crippen molar-refractivity contribution in [3.05, 3.63) is 12.8 Å². The zero-order valence-corrected chi connectivity index (χ0v) is 9.94. The fourth-order valence-electron chi connectivity index (χ4n) is 0.248. The molecular weight excluding hydrogens is 221 g/mol. The Morgan fingerprint density at radius 2 is 1.75 bits per heavy atom. The van der Waals surface area contributed by atoms with E-state index in [9.17, 15) is 9.13 Å². The summed E-state index contributed by atoms with van der Waals surface area (Å²) in [5.74, 6) is 0. The van der Waals surface area contributed by atoms with Gasteiger partial charge >= 0.3 is 45.2 Å². The van der Waals surface area contributed by atoms with E-state index in [1.54, 1.807) is 0 Å². The van der Waals surface area contributed by atoms with Crippen molar-refractivity contribution in [1.82, 2.24) is 0 Å². The molecule has 12 heavy (non-hydrogen) atoms. The van der Waals surface area contributed by atoms with Crippen LogP contribution in [-0.2, 0) is 18.0 Å². The Morgan fingerprint density at radius 3 is 2.00 bits per heavy atom. The normalized spacial score (nSPS) is 15.6. The molecule has 3 N–H and O–H groups in total. The molecule has 0 spiro atoms. The van der Waals surface area contributed by atoms with E-state index >= 15 is 0 Å². The number of hydrogen-bond acceptors (Lipinski definition) is 4. The largest absolute Gasteiger partial charge is 1.00 e. The molecule has 0 bridgehead atoms. The van der Waals surface area contributed by atoms with Crippen LogP contribution in [0, 0.1) is 0 Å². The minimum atomic E-state index is -5.00. The van der Waals surface area contributed by atoms with Crippen LogP contribution in [0.4, 0.5) is 0 Å². The smallest absolute Gasteiger partial charge is 1.00 e. The topological polar surface area (TPSA) is 113 Å². The van der Waals surface area contributed by atoms with Gasteiger partial charge in [0.1, 0.15) is 0 Å². The second kappa shape index (κ2) is 5.54. The predicted octanol–water partition coefficient (Wildman–Crippen LogP) is -2.53. The summed E-state index contributed by atoms with van der Waals surface area (Å²) in [4.78, 5) is 24.4. The van der Waals surface area contributed by atoms with Crippen LogP contribution < -0.4 is 29.6 Å². The SMILES string of the molecule is C=COP(=O)(O)OP(=O)(O)O.[H-].[Na+]. The third-order valence-electron chi connectivity index (χ3n) is 0.417. The second-order valence-electron chi connectivity index (χ2n) is 1.31. The number of rotatable bonds is 4. The molecule has 0 saturated heterocycles. The summed E-state index contributed by atoms with van der Waals surface area (Å²) in [5, 5.41) is 0. The fraction of sp³-hybridized carbons (Fsp3) is 0. The van der Waals surface area contributed by atoms with E-state index in [1.165, 1.54) is 0 Å². The first-order valence-electron chi connectivity index (χ1n) is 2.16. The zero-order valence-electron chi connectivity index (χ0n) is 7.15. The van der Waals surface area contributed by atoms with Gasteiger partial charge in [-0.3, -0.25) is 4.89 Å². The third-order valence-corrected chi connectivity index (χ3v) is 2.51. The summed E-state index contributed by atoms with van der Waals surface area (Å²) in [5.41, 5.74) is 0. The van der Waals surface area contributed by atoms with Crippen molar-refractivity contribution in [1.29, 1.82) is 0 Å². The maximum Gasteiger partial charge on any atom is 1.00 e. The summed E-state index contributed by atoms with van der Waals surface area (Å²) < 4.78 is 27.4. The van der Waals surface area contributed by atoms with Gasteiger partial charge in [-0.15, -0.1) is 0 Å². The molecule has 10 heteroatoms. The van der Waals surface area contributed by atoms with Crippen molar-refractivity contribution in [2.75, 3.05) is 0 Å². The summed E-state index contributed by atoms with van der Waals surface area (Å²) in [6.45, 7) is 2.89. The van der Waals surface area contributed by atoms with Crippen molar-refractivity contribution < 1.29 is 63.6 Å². The minimum absolute atomic E-state index is 0. The quantitative estimate of drug-likeness (QED) is 0.276. The first-order chi connectivity index (χ1) is 4.77. The Morgan fingerprint density at radius 1 is 1.33 bits per heavy atom. The first-order valence-corrected chi connectivity index (χ1v) is 5.18. The molecule has 68 valence electrons. The van der Waals surface area contributed by atoms with Crippen molar-refractivity contribution in [3.8, 4) is 0 Å². The Kier molecular flexibility index (Phi) is 7.08. The van der Waals surface area contributed by atoms with E-state index in [4.69, 9.17) is 14.7 Å². The van der Waals surface area contributed by atoms with Crippen LogP contribution in [-0.4, -0.2) is 14.7 Å². The molecule has 0 rings (SSSR count). The van der Waals surface area contributed by atoms with Gasteiger partial charge in [0, 0.05) is 0 Å². The number of hydrogen-bond donors (Lipinski definition) is 3. The molecule has 0 aliphatic heterocycles. The van der Waals surface area contributed by atoms with Gasteiger partial charge in [0.15, 0.2) is 0 Å². The van der Waals surface area contributed by atoms with Crippen molar-refractivity contribution >= 4 is 15.6 Å². The maximum absolute atomic E-state index is 10.4. The third kappa shape index (κ3) is 8.93. The van der Waals surface area contributed by atoms with Crippen LogP contribution in [0.25, 0.3) is 0 Å². The van der Waals surface area contributed by atoms with Gasteiger partial charge in [0.05, 0.1) is 6.26 Å². The molecule has 1 unspecified atom stereocenters. The molecule has 7 nitrogen and oxygen atoms in total. The Labute approximate surface area is 92.0 Å². The predicted molar refractivity (Wildman–Crippen MR) is 35.3 cm³/mol. The summed E-state index contributed by atoms with van der Waals surface area (Å²) in [6, 6.07) is 0. The average Bonchev–Trinajstić information content (AvgIpc) is 1.55. The van der Waals surface area contributed by atoms with E-state index in [0.29, 0.717) is 6.26 Å². The Hall–Kier alpha value is 0.840. The Balaban J connectivity index is -0.000000500. The molecule has 0 heterocycles. The van der Waals surface area contributed by atoms with Crippen LogP contribution in [0.1, 0.15) is 1.43 Å². The van der Waals surface area contributed by atoms with Gasteiger partial charge in [-0.2, -0.15) is 4.31 Å². The summed E-state index contributed by atoms with van der Waals surface area (Å²) in [7, 11) is -9.70. The van der Waals surface area contributed by atoms with Crippen LogP contribution in [0.5, 0.6) is 0 Å². The average molecular weight is 228 g/mol. The number of phosphoric acid groups is 2. The van der Waals surface area contributed by atoms with Gasteiger partial charge < -0.3 is 15.7 Å². The molecule has 0 aliphatic carbocycles. The van der Waals surface area contributed by atoms with Gasteiger partial charge in [-0.1, -0.05) is 6.58 Å². The fourth-order valence-corrected chi connectivity index (χ4v) is 1.67. The van der Waals surface area contributed by atoms with Crippen LogP contribution >= 0.6 is 15.6 Å². The minimum Gasteiger partial charge on any atom is -1.00 e. The summed E-state index contributed by atoms with van der Waals surface area (Å²) >= 11 is 0. The molecule has 0 fully saturated rings. The van der Waals surface area contributed by atoms with Crippen molar-refractivity contribution in [2.24, 2.45) is 0 Å². The van der Waals surface area contributed by atoms with Crippen molar-refractivity contribution in [2.45, 2.75) is 0 Å². The second-order valence-corrected chi connectivity index (χ2v) is 4.10. The molecule has 0 aliphatic rings. The van der Waals surface area contributed by atoms with E-state index in [2.05, 4.69) is 15.4 Å².